The lowest BCUT2D eigenvalue weighted by Crippen LogP contribution is -2.46. The minimum absolute atomic E-state index is 0.0313. The summed E-state index contributed by atoms with van der Waals surface area (Å²) in [6, 6.07) is 0.334. The number of rotatable bonds is 5. The molecule has 1 fully saturated rings. The fourth-order valence-corrected chi connectivity index (χ4v) is 1.59. The first-order chi connectivity index (χ1) is 7.22. The lowest BCUT2D eigenvalue weighted by atomic mass is 10.3. The number of hydrogen-bond donors (Lipinski definition) is 2. The van der Waals surface area contributed by atoms with Crippen LogP contribution in [0.25, 0.3) is 0 Å². The van der Waals surface area contributed by atoms with Crippen LogP contribution in [0.15, 0.2) is 0 Å². The Balaban J connectivity index is 2.11. The second-order valence-electron chi connectivity index (χ2n) is 3.87. The smallest absolute Gasteiger partial charge is 0.233 e. The molecule has 15 heavy (non-hydrogen) atoms. The van der Waals surface area contributed by atoms with Crippen molar-refractivity contribution < 1.29 is 9.53 Å². The van der Waals surface area contributed by atoms with Gasteiger partial charge in [0.05, 0.1) is 19.8 Å². The van der Waals surface area contributed by atoms with Crippen LogP contribution in [-0.4, -0.2) is 63.3 Å². The molecule has 0 aromatic rings. The van der Waals surface area contributed by atoms with Gasteiger partial charge < -0.3 is 15.4 Å². The van der Waals surface area contributed by atoms with E-state index < -0.39 is 0 Å². The highest BCUT2D eigenvalue weighted by Gasteiger charge is 2.13. The molecule has 1 unspecified atom stereocenters. The molecule has 1 rings (SSSR count). The summed E-state index contributed by atoms with van der Waals surface area (Å²) in [5, 5.41) is 5.77. The Morgan fingerprint density at radius 3 is 2.73 bits per heavy atom. The Morgan fingerprint density at radius 2 is 2.13 bits per heavy atom. The van der Waals surface area contributed by atoms with E-state index in [1.165, 1.54) is 0 Å². The Kier molecular flexibility index (Phi) is 5.60. The predicted molar refractivity (Wildman–Crippen MR) is 58.8 cm³/mol. The van der Waals surface area contributed by atoms with E-state index in [0.29, 0.717) is 12.6 Å². The molecule has 5 heteroatoms. The molecule has 0 bridgehead atoms. The van der Waals surface area contributed by atoms with Gasteiger partial charge in [-0.25, -0.2) is 0 Å². The number of hydrogen-bond acceptors (Lipinski definition) is 4. The third-order valence-electron chi connectivity index (χ3n) is 2.53. The molecule has 0 radical (unpaired) electrons. The second-order valence-corrected chi connectivity index (χ2v) is 3.87. The van der Waals surface area contributed by atoms with Gasteiger partial charge in [0.25, 0.3) is 0 Å². The van der Waals surface area contributed by atoms with Gasteiger partial charge in [0, 0.05) is 32.7 Å². The average Bonchev–Trinajstić information content (AvgIpc) is 2.27. The molecular weight excluding hydrogens is 194 g/mol. The largest absolute Gasteiger partial charge is 0.379 e. The molecule has 5 nitrogen and oxygen atoms in total. The molecule has 0 aliphatic carbocycles. The van der Waals surface area contributed by atoms with Gasteiger partial charge in [-0.15, -0.1) is 0 Å². The average molecular weight is 215 g/mol. The van der Waals surface area contributed by atoms with Gasteiger partial charge >= 0.3 is 0 Å². The highest BCUT2D eigenvalue weighted by atomic mass is 16.5. The lowest BCUT2D eigenvalue weighted by Gasteiger charge is -2.29. The van der Waals surface area contributed by atoms with Gasteiger partial charge in [-0.05, 0) is 6.92 Å². The maximum atomic E-state index is 11.0. The number of nitrogens with zero attached hydrogens (tertiary/aromatic N) is 1. The van der Waals surface area contributed by atoms with E-state index in [4.69, 9.17) is 4.74 Å². The van der Waals surface area contributed by atoms with Gasteiger partial charge in [0.15, 0.2) is 0 Å². The van der Waals surface area contributed by atoms with Crippen molar-refractivity contribution >= 4 is 5.91 Å². The summed E-state index contributed by atoms with van der Waals surface area (Å²) in [6.07, 6.45) is 0. The van der Waals surface area contributed by atoms with Gasteiger partial charge in [-0.3, -0.25) is 9.69 Å². The van der Waals surface area contributed by atoms with Crippen molar-refractivity contribution in [2.75, 3.05) is 46.4 Å². The van der Waals surface area contributed by atoms with Crippen LogP contribution in [0.4, 0.5) is 0 Å². The predicted octanol–water partition coefficient (Wildman–Crippen LogP) is -0.957. The molecule has 0 aromatic carbocycles. The van der Waals surface area contributed by atoms with Crippen LogP contribution in [0.5, 0.6) is 0 Å². The number of nitrogens with one attached hydrogen (secondary N) is 2. The summed E-state index contributed by atoms with van der Waals surface area (Å²) in [7, 11) is 1.65. The summed E-state index contributed by atoms with van der Waals surface area (Å²) < 4.78 is 5.27. The molecule has 1 atom stereocenters. The van der Waals surface area contributed by atoms with E-state index in [-0.39, 0.29) is 5.91 Å². The van der Waals surface area contributed by atoms with Crippen molar-refractivity contribution in [3.63, 3.8) is 0 Å². The quantitative estimate of drug-likeness (QED) is 0.620. The van der Waals surface area contributed by atoms with Gasteiger partial charge in [0.1, 0.15) is 0 Å². The Labute approximate surface area is 91.2 Å². The van der Waals surface area contributed by atoms with E-state index in [2.05, 4.69) is 22.5 Å². The Morgan fingerprint density at radius 1 is 1.47 bits per heavy atom. The summed E-state index contributed by atoms with van der Waals surface area (Å²) >= 11 is 0. The zero-order valence-electron chi connectivity index (χ0n) is 9.58. The molecule has 1 amide bonds. The highest BCUT2D eigenvalue weighted by Crippen LogP contribution is 1.97. The number of morpholine rings is 1. The van der Waals surface area contributed by atoms with E-state index in [1.54, 1.807) is 7.05 Å². The SMILES string of the molecule is CNC(=O)CNC(C)CN1CCOCC1. The monoisotopic (exact) mass is 215 g/mol. The zero-order chi connectivity index (χ0) is 11.1. The van der Waals surface area contributed by atoms with E-state index >= 15 is 0 Å². The van der Waals surface area contributed by atoms with Crippen molar-refractivity contribution in [1.82, 2.24) is 15.5 Å². The third-order valence-corrected chi connectivity index (χ3v) is 2.53. The van der Waals surface area contributed by atoms with E-state index in [1.807, 2.05) is 0 Å². The number of likely N-dealkylation sites (N-methyl/N-ethyl adjacent to an activating group) is 1. The molecule has 1 heterocycles. The molecule has 0 spiro atoms. The van der Waals surface area contributed by atoms with Crippen molar-refractivity contribution in [1.29, 1.82) is 0 Å². The zero-order valence-corrected chi connectivity index (χ0v) is 9.58. The molecule has 2 N–H and O–H groups in total. The first-order valence-electron chi connectivity index (χ1n) is 5.46. The summed E-state index contributed by atoms with van der Waals surface area (Å²) in [4.78, 5) is 13.4. The first-order valence-corrected chi connectivity index (χ1v) is 5.46. The summed E-state index contributed by atoms with van der Waals surface area (Å²) in [5.74, 6) is 0.0313. The van der Waals surface area contributed by atoms with Crippen molar-refractivity contribution in [3.8, 4) is 0 Å². The van der Waals surface area contributed by atoms with Gasteiger partial charge in [-0.1, -0.05) is 0 Å². The van der Waals surface area contributed by atoms with E-state index in [0.717, 1.165) is 32.8 Å². The highest BCUT2D eigenvalue weighted by molar-refractivity contribution is 5.77. The third kappa shape index (κ3) is 5.11. The minimum atomic E-state index is 0.0313. The number of carbonyl (C=O) groups is 1. The Bertz CT molecular complexity index is 193. The molecular formula is C10H21N3O2. The van der Waals surface area contributed by atoms with Crippen molar-refractivity contribution in [2.24, 2.45) is 0 Å². The number of amides is 1. The summed E-state index contributed by atoms with van der Waals surface area (Å²) in [6.45, 7) is 7.09. The Hall–Kier alpha value is -0.650. The molecule has 0 aromatic heterocycles. The fraction of sp³-hybridized carbons (Fsp3) is 0.900. The number of carbonyl (C=O) groups excluding carboxylic acids is 1. The van der Waals surface area contributed by atoms with Crippen LogP contribution in [0.1, 0.15) is 6.92 Å². The standard InChI is InChI=1S/C10H21N3O2/c1-9(12-7-10(14)11-2)8-13-3-5-15-6-4-13/h9,12H,3-8H2,1-2H3,(H,11,14). The number of ether oxygens (including phenoxy) is 1. The molecule has 88 valence electrons. The van der Waals surface area contributed by atoms with Crippen LogP contribution in [0.2, 0.25) is 0 Å². The molecule has 1 aliphatic heterocycles. The van der Waals surface area contributed by atoms with Gasteiger partial charge in [-0.2, -0.15) is 0 Å². The second kappa shape index (κ2) is 6.76. The molecule has 1 saturated heterocycles. The topological polar surface area (TPSA) is 53.6 Å². The maximum Gasteiger partial charge on any atom is 0.233 e. The first kappa shape index (κ1) is 12.4. The maximum absolute atomic E-state index is 11.0. The van der Waals surface area contributed by atoms with Crippen LogP contribution in [0, 0.1) is 0 Å². The molecule has 0 saturated carbocycles. The van der Waals surface area contributed by atoms with Crippen LogP contribution >= 0.6 is 0 Å². The van der Waals surface area contributed by atoms with E-state index in [9.17, 15) is 4.79 Å². The fourth-order valence-electron chi connectivity index (χ4n) is 1.59. The van der Waals surface area contributed by atoms with Crippen LogP contribution in [-0.2, 0) is 9.53 Å². The summed E-state index contributed by atoms with van der Waals surface area (Å²) in [5.41, 5.74) is 0. The van der Waals surface area contributed by atoms with Crippen molar-refractivity contribution in [2.45, 2.75) is 13.0 Å². The van der Waals surface area contributed by atoms with Gasteiger partial charge in [0.2, 0.25) is 5.91 Å². The molecule has 1 aliphatic rings. The van der Waals surface area contributed by atoms with Crippen molar-refractivity contribution in [3.05, 3.63) is 0 Å². The normalized spacial score (nSPS) is 19.9. The minimum Gasteiger partial charge on any atom is -0.379 e. The van der Waals surface area contributed by atoms with Crippen LogP contribution < -0.4 is 10.6 Å². The van der Waals surface area contributed by atoms with Crippen LogP contribution in [0.3, 0.4) is 0 Å². The lowest BCUT2D eigenvalue weighted by molar-refractivity contribution is -0.119.